The number of nitrogens with zero attached hydrogens (tertiary/aromatic N) is 5. The van der Waals surface area contributed by atoms with Gasteiger partial charge in [-0.1, -0.05) is 0 Å². The Bertz CT molecular complexity index is 401. The molecule has 2 heterocycles. The van der Waals surface area contributed by atoms with E-state index in [1.165, 1.54) is 12.7 Å². The molecule has 2 aromatic heterocycles. The molecule has 0 amide bonds. The van der Waals surface area contributed by atoms with Gasteiger partial charge in [-0.25, -0.2) is 19.9 Å². The van der Waals surface area contributed by atoms with Crippen LogP contribution in [0.25, 0.3) is 11.5 Å². The molecule has 6 nitrogen and oxygen atoms in total. The van der Waals surface area contributed by atoms with Crippen LogP contribution in [0.4, 0.5) is 5.95 Å². The standard InChI is InChI=1S/C7H6N6/c8-7-12-4-11-6(13-7)5-1-2-9-3-10-5/h1-4H,(H2,8,11,12,13). The Kier molecular flexibility index (Phi) is 1.79. The average Bonchev–Trinajstić information content (AvgIpc) is 2.19. The van der Waals surface area contributed by atoms with Crippen molar-refractivity contribution >= 4 is 5.95 Å². The van der Waals surface area contributed by atoms with Crippen molar-refractivity contribution in [3.05, 3.63) is 24.9 Å². The summed E-state index contributed by atoms with van der Waals surface area (Å²) in [5.74, 6) is 0.638. The fraction of sp³-hybridized carbons (Fsp3) is 0. The Hall–Kier alpha value is -2.11. The second kappa shape index (κ2) is 3.10. The first-order chi connectivity index (χ1) is 6.36. The predicted molar refractivity (Wildman–Crippen MR) is 45.3 cm³/mol. The van der Waals surface area contributed by atoms with E-state index in [1.54, 1.807) is 12.3 Å². The Balaban J connectivity index is 2.48. The van der Waals surface area contributed by atoms with E-state index in [9.17, 15) is 0 Å². The van der Waals surface area contributed by atoms with E-state index in [0.29, 0.717) is 11.5 Å². The zero-order valence-electron chi connectivity index (χ0n) is 6.62. The van der Waals surface area contributed by atoms with E-state index in [1.807, 2.05) is 0 Å². The maximum absolute atomic E-state index is 5.39. The van der Waals surface area contributed by atoms with Crippen LogP contribution in [0.2, 0.25) is 0 Å². The SMILES string of the molecule is Nc1ncnc(-c2ccncn2)n1. The fourth-order valence-electron chi connectivity index (χ4n) is 0.855. The number of hydrogen-bond acceptors (Lipinski definition) is 6. The molecular weight excluding hydrogens is 168 g/mol. The van der Waals surface area contributed by atoms with E-state index < -0.39 is 0 Å². The molecule has 0 fully saturated rings. The van der Waals surface area contributed by atoms with Crippen LogP contribution in [0, 0.1) is 0 Å². The van der Waals surface area contributed by atoms with Crippen molar-refractivity contribution in [1.82, 2.24) is 24.9 Å². The topological polar surface area (TPSA) is 90.5 Å². The molecule has 0 saturated heterocycles. The first-order valence-corrected chi connectivity index (χ1v) is 3.57. The van der Waals surface area contributed by atoms with E-state index in [2.05, 4.69) is 24.9 Å². The van der Waals surface area contributed by atoms with Gasteiger partial charge in [-0.15, -0.1) is 0 Å². The molecule has 0 bridgehead atoms. The molecule has 2 N–H and O–H groups in total. The van der Waals surface area contributed by atoms with Crippen molar-refractivity contribution in [2.45, 2.75) is 0 Å². The lowest BCUT2D eigenvalue weighted by Gasteiger charge is -1.96. The maximum atomic E-state index is 5.39. The highest BCUT2D eigenvalue weighted by molar-refractivity contribution is 5.48. The first-order valence-electron chi connectivity index (χ1n) is 3.57. The summed E-state index contributed by atoms with van der Waals surface area (Å²) in [5.41, 5.74) is 6.02. The van der Waals surface area contributed by atoms with Crippen molar-refractivity contribution in [3.8, 4) is 11.5 Å². The summed E-state index contributed by atoms with van der Waals surface area (Å²) in [7, 11) is 0. The highest BCUT2D eigenvalue weighted by Gasteiger charge is 2.01. The van der Waals surface area contributed by atoms with E-state index >= 15 is 0 Å². The van der Waals surface area contributed by atoms with Crippen molar-refractivity contribution in [1.29, 1.82) is 0 Å². The monoisotopic (exact) mass is 174 g/mol. The van der Waals surface area contributed by atoms with E-state index in [4.69, 9.17) is 5.73 Å². The molecule has 64 valence electrons. The van der Waals surface area contributed by atoms with Crippen molar-refractivity contribution in [2.24, 2.45) is 0 Å². The van der Waals surface area contributed by atoms with Crippen LogP contribution in [0.5, 0.6) is 0 Å². The molecule has 0 radical (unpaired) electrons. The molecule has 0 saturated carbocycles. The molecule has 2 aromatic rings. The number of anilines is 1. The lowest BCUT2D eigenvalue weighted by molar-refractivity contribution is 1.04. The number of aromatic nitrogens is 5. The molecule has 0 spiro atoms. The molecule has 0 unspecified atom stereocenters. The minimum atomic E-state index is 0.184. The van der Waals surface area contributed by atoms with Gasteiger partial charge in [-0.05, 0) is 6.07 Å². The van der Waals surface area contributed by atoms with Gasteiger partial charge in [-0.3, -0.25) is 0 Å². The third kappa shape index (κ3) is 1.56. The highest BCUT2D eigenvalue weighted by atomic mass is 15.1. The van der Waals surface area contributed by atoms with Gasteiger partial charge in [0, 0.05) is 6.20 Å². The van der Waals surface area contributed by atoms with Gasteiger partial charge in [0.2, 0.25) is 5.95 Å². The summed E-state index contributed by atoms with van der Waals surface area (Å²) >= 11 is 0. The average molecular weight is 174 g/mol. The van der Waals surface area contributed by atoms with Crippen LogP contribution < -0.4 is 5.73 Å². The molecule has 0 atom stereocenters. The zero-order valence-corrected chi connectivity index (χ0v) is 6.62. The van der Waals surface area contributed by atoms with Crippen LogP contribution in [-0.2, 0) is 0 Å². The van der Waals surface area contributed by atoms with Gasteiger partial charge in [0.25, 0.3) is 0 Å². The van der Waals surface area contributed by atoms with Gasteiger partial charge in [-0.2, -0.15) is 4.98 Å². The second-order valence-corrected chi connectivity index (χ2v) is 2.26. The Morgan fingerprint density at radius 3 is 2.69 bits per heavy atom. The van der Waals surface area contributed by atoms with Gasteiger partial charge >= 0.3 is 0 Å². The van der Waals surface area contributed by atoms with Crippen LogP contribution >= 0.6 is 0 Å². The molecule has 0 aromatic carbocycles. The third-order valence-electron chi connectivity index (χ3n) is 1.40. The molecule has 13 heavy (non-hydrogen) atoms. The Labute approximate surface area is 73.9 Å². The largest absolute Gasteiger partial charge is 0.368 e. The lowest BCUT2D eigenvalue weighted by Crippen LogP contribution is -1.99. The van der Waals surface area contributed by atoms with Gasteiger partial charge in [0.15, 0.2) is 5.82 Å². The maximum Gasteiger partial charge on any atom is 0.223 e. The van der Waals surface area contributed by atoms with Gasteiger partial charge in [0.05, 0.1) is 0 Å². The molecule has 2 rings (SSSR count). The summed E-state index contributed by atoms with van der Waals surface area (Å²) in [5, 5.41) is 0. The van der Waals surface area contributed by atoms with Crippen molar-refractivity contribution < 1.29 is 0 Å². The van der Waals surface area contributed by atoms with Crippen LogP contribution in [-0.4, -0.2) is 24.9 Å². The minimum absolute atomic E-state index is 0.184. The molecule has 0 aliphatic heterocycles. The summed E-state index contributed by atoms with van der Waals surface area (Å²) in [4.78, 5) is 19.3. The zero-order chi connectivity index (χ0) is 9.10. The summed E-state index contributed by atoms with van der Waals surface area (Å²) in [6.45, 7) is 0. The number of nitrogen functional groups attached to an aromatic ring is 1. The van der Waals surface area contributed by atoms with Crippen molar-refractivity contribution in [3.63, 3.8) is 0 Å². The first kappa shape index (κ1) is 7.53. The van der Waals surface area contributed by atoms with Gasteiger partial charge < -0.3 is 5.73 Å². The molecule has 0 aliphatic rings. The number of hydrogen-bond donors (Lipinski definition) is 1. The second-order valence-electron chi connectivity index (χ2n) is 2.26. The third-order valence-corrected chi connectivity index (χ3v) is 1.40. The van der Waals surface area contributed by atoms with Gasteiger partial charge in [0.1, 0.15) is 18.3 Å². The molecular formula is C7H6N6. The fourth-order valence-corrected chi connectivity index (χ4v) is 0.855. The van der Waals surface area contributed by atoms with E-state index in [-0.39, 0.29) is 5.95 Å². The highest BCUT2D eigenvalue weighted by Crippen LogP contribution is 2.08. The quantitative estimate of drug-likeness (QED) is 0.649. The lowest BCUT2D eigenvalue weighted by atomic mass is 10.4. The summed E-state index contributed by atoms with van der Waals surface area (Å²) < 4.78 is 0. The number of nitrogens with two attached hydrogens (primary N) is 1. The summed E-state index contributed by atoms with van der Waals surface area (Å²) in [6, 6.07) is 1.70. The Morgan fingerprint density at radius 2 is 2.00 bits per heavy atom. The van der Waals surface area contributed by atoms with Crippen molar-refractivity contribution in [2.75, 3.05) is 5.73 Å². The van der Waals surface area contributed by atoms with Crippen LogP contribution in [0.15, 0.2) is 24.9 Å². The minimum Gasteiger partial charge on any atom is -0.368 e. The van der Waals surface area contributed by atoms with Crippen LogP contribution in [0.1, 0.15) is 0 Å². The molecule has 0 aliphatic carbocycles. The smallest absolute Gasteiger partial charge is 0.223 e. The number of rotatable bonds is 1. The van der Waals surface area contributed by atoms with Crippen LogP contribution in [0.3, 0.4) is 0 Å². The predicted octanol–water partition coefficient (Wildman–Crippen LogP) is -0.0892. The Morgan fingerprint density at radius 1 is 1.08 bits per heavy atom. The molecule has 6 heteroatoms. The summed E-state index contributed by atoms with van der Waals surface area (Å²) in [6.07, 6.45) is 4.39. The normalized spacial score (nSPS) is 9.85. The van der Waals surface area contributed by atoms with E-state index in [0.717, 1.165) is 0 Å².